The number of hydrogen-bond donors (Lipinski definition) is 1. The number of carbonyl (C=O) groups excluding carboxylic acids is 1. The number of nitrogens with zero attached hydrogens (tertiary/aromatic N) is 4. The van der Waals surface area contributed by atoms with E-state index in [1.54, 1.807) is 12.1 Å². The van der Waals surface area contributed by atoms with E-state index >= 15 is 0 Å². The zero-order valence-corrected chi connectivity index (χ0v) is 25.9. The van der Waals surface area contributed by atoms with E-state index in [4.69, 9.17) is 14.5 Å². The number of ether oxygens (including phenoxy) is 2. The smallest absolute Gasteiger partial charge is 0.335 e. The van der Waals surface area contributed by atoms with Crippen molar-refractivity contribution in [2.24, 2.45) is 0 Å². The molecule has 0 unspecified atom stereocenters. The second-order valence-corrected chi connectivity index (χ2v) is 12.4. The largest absolute Gasteiger partial charge is 0.478 e. The highest BCUT2D eigenvalue weighted by atomic mass is 16.5. The summed E-state index contributed by atoms with van der Waals surface area (Å²) in [6, 6.07) is 18.1. The molecule has 2 amide bonds. The minimum absolute atomic E-state index is 0.0738. The van der Waals surface area contributed by atoms with Crippen molar-refractivity contribution in [1.82, 2.24) is 19.7 Å². The molecule has 0 bridgehead atoms. The fraction of sp³-hybridized carbons (Fsp3) is 0.457. The monoisotopic (exact) mass is 598 g/mol. The molecule has 0 radical (unpaired) electrons. The number of benzene rings is 2. The Morgan fingerprint density at radius 3 is 2.43 bits per heavy atom. The molecule has 1 aromatic heterocycles. The maximum absolute atomic E-state index is 14.0. The summed E-state index contributed by atoms with van der Waals surface area (Å²) in [4.78, 5) is 36.7. The summed E-state index contributed by atoms with van der Waals surface area (Å²) in [6.07, 6.45) is 3.70. The van der Waals surface area contributed by atoms with Gasteiger partial charge in [0.05, 0.1) is 11.6 Å². The average Bonchev–Trinajstić information content (AvgIpc) is 3.37. The molecule has 6 rings (SSSR count). The quantitative estimate of drug-likeness (QED) is 0.334. The van der Waals surface area contributed by atoms with Crippen molar-refractivity contribution in [3.05, 3.63) is 88.1 Å². The van der Waals surface area contributed by atoms with Gasteiger partial charge in [-0.3, -0.25) is 4.90 Å². The van der Waals surface area contributed by atoms with Gasteiger partial charge in [0.2, 0.25) is 5.88 Å². The molecule has 3 saturated heterocycles. The van der Waals surface area contributed by atoms with Gasteiger partial charge in [-0.05, 0) is 81.3 Å². The number of aryl methyl sites for hydroxylation is 3. The number of aromatic nitrogens is 1. The number of rotatable bonds is 8. The minimum atomic E-state index is -0.961. The summed E-state index contributed by atoms with van der Waals surface area (Å²) >= 11 is 0. The normalized spacial score (nSPS) is 20.3. The summed E-state index contributed by atoms with van der Waals surface area (Å²) in [6.45, 7) is 10.8. The van der Waals surface area contributed by atoms with Gasteiger partial charge >= 0.3 is 12.0 Å². The Balaban J connectivity index is 1.10. The number of carbonyl (C=O) groups is 2. The van der Waals surface area contributed by atoms with Gasteiger partial charge in [-0.1, -0.05) is 35.9 Å². The first-order valence-electron chi connectivity index (χ1n) is 15.7. The van der Waals surface area contributed by atoms with Crippen LogP contribution in [-0.4, -0.2) is 81.7 Å². The Morgan fingerprint density at radius 1 is 0.977 bits per heavy atom. The summed E-state index contributed by atoms with van der Waals surface area (Å²) in [5, 5.41) is 9.22. The van der Waals surface area contributed by atoms with Crippen LogP contribution in [0.1, 0.15) is 70.0 Å². The molecule has 0 spiro atoms. The molecule has 232 valence electrons. The predicted octanol–water partition coefficient (Wildman–Crippen LogP) is 6.12. The third-order valence-corrected chi connectivity index (χ3v) is 9.38. The summed E-state index contributed by atoms with van der Waals surface area (Å²) in [5.41, 5.74) is 5.48. The Hall–Kier alpha value is -3.95. The second kappa shape index (κ2) is 13.0. The van der Waals surface area contributed by atoms with Gasteiger partial charge in [0, 0.05) is 63.2 Å². The van der Waals surface area contributed by atoms with Crippen LogP contribution in [0.4, 0.5) is 4.79 Å². The van der Waals surface area contributed by atoms with Crippen molar-refractivity contribution >= 4 is 12.0 Å². The van der Waals surface area contributed by atoms with Crippen molar-refractivity contribution in [3.8, 4) is 11.6 Å². The van der Waals surface area contributed by atoms with Gasteiger partial charge in [0.25, 0.3) is 0 Å². The van der Waals surface area contributed by atoms with Crippen LogP contribution in [0.3, 0.4) is 0 Å². The number of carboxylic acid groups (broad SMARTS) is 1. The van der Waals surface area contributed by atoms with Crippen LogP contribution in [0.5, 0.6) is 11.6 Å². The number of piperidine rings is 1. The molecule has 3 aliphatic rings. The molecule has 3 fully saturated rings. The van der Waals surface area contributed by atoms with Crippen molar-refractivity contribution in [2.75, 3.05) is 32.8 Å². The third-order valence-electron chi connectivity index (χ3n) is 9.38. The van der Waals surface area contributed by atoms with E-state index in [0.717, 1.165) is 81.9 Å². The lowest BCUT2D eigenvalue weighted by Gasteiger charge is -2.39. The van der Waals surface area contributed by atoms with Gasteiger partial charge in [-0.25, -0.2) is 14.6 Å². The summed E-state index contributed by atoms with van der Waals surface area (Å²) in [7, 11) is 0. The first kappa shape index (κ1) is 30.1. The topological polar surface area (TPSA) is 95.4 Å². The maximum atomic E-state index is 14.0. The zero-order chi connectivity index (χ0) is 30.8. The van der Waals surface area contributed by atoms with Crippen molar-refractivity contribution in [2.45, 2.75) is 71.1 Å². The van der Waals surface area contributed by atoms with Gasteiger partial charge in [0.1, 0.15) is 5.75 Å². The van der Waals surface area contributed by atoms with Crippen LogP contribution in [0.2, 0.25) is 0 Å². The maximum Gasteiger partial charge on any atom is 0.335 e. The molecule has 1 N–H and O–H groups in total. The lowest BCUT2D eigenvalue weighted by Crippen LogP contribution is -2.48. The van der Waals surface area contributed by atoms with E-state index in [0.29, 0.717) is 11.6 Å². The van der Waals surface area contributed by atoms with E-state index in [9.17, 15) is 14.7 Å². The van der Waals surface area contributed by atoms with Crippen molar-refractivity contribution < 1.29 is 24.2 Å². The van der Waals surface area contributed by atoms with Gasteiger partial charge < -0.3 is 24.4 Å². The second-order valence-electron chi connectivity index (χ2n) is 12.4. The molecule has 1 atom stereocenters. The highest BCUT2D eigenvalue weighted by Crippen LogP contribution is 2.37. The molecule has 0 saturated carbocycles. The van der Waals surface area contributed by atoms with E-state index in [1.165, 1.54) is 17.2 Å². The van der Waals surface area contributed by atoms with E-state index in [2.05, 4.69) is 52.0 Å². The number of carboxylic acids is 1. The molecule has 3 aliphatic heterocycles. The molecule has 9 heteroatoms. The Labute approximate surface area is 259 Å². The molecule has 4 heterocycles. The first-order chi connectivity index (χ1) is 21.3. The lowest BCUT2D eigenvalue weighted by atomic mass is 9.98. The van der Waals surface area contributed by atoms with Gasteiger partial charge in [-0.15, -0.1) is 0 Å². The van der Waals surface area contributed by atoms with Crippen LogP contribution in [0.15, 0.2) is 54.6 Å². The molecule has 44 heavy (non-hydrogen) atoms. The Morgan fingerprint density at radius 2 is 1.75 bits per heavy atom. The lowest BCUT2D eigenvalue weighted by molar-refractivity contribution is 0.0493. The van der Waals surface area contributed by atoms with Gasteiger partial charge in [0.15, 0.2) is 0 Å². The highest BCUT2D eigenvalue weighted by Gasteiger charge is 2.45. The number of urea groups is 1. The predicted molar refractivity (Wildman–Crippen MR) is 167 cm³/mol. The Kier molecular flexibility index (Phi) is 8.86. The summed E-state index contributed by atoms with van der Waals surface area (Å²) in [5.74, 6) is 0.115. The highest BCUT2D eigenvalue weighted by molar-refractivity contribution is 5.88. The number of aromatic carboxylic acids is 1. The number of likely N-dealkylation sites (tertiary alicyclic amines) is 1. The molecule has 3 aromatic rings. The molecule has 0 aliphatic carbocycles. The van der Waals surface area contributed by atoms with Crippen LogP contribution < -0.4 is 4.74 Å². The molecule has 9 nitrogen and oxygen atoms in total. The Bertz CT molecular complexity index is 1510. The standard InChI is InChI=1S/C35H42N4O5/c1-23-5-4-6-26(19-23)31-22-38(29-13-17-43-18-14-29)35(42)39(31)30-11-15-37(16-12-30)21-28-8-10-33(36-25(28)3)44-32-9-7-27(34(40)41)20-24(32)2/h4-10,19-20,29-31H,11-18,21-22H2,1-3H3,(H,40,41)/t31-/m0/s1. The van der Waals surface area contributed by atoms with Crippen LogP contribution in [-0.2, 0) is 11.3 Å². The molecular formula is C35H42N4O5. The number of hydrogen-bond acceptors (Lipinski definition) is 6. The van der Waals surface area contributed by atoms with Gasteiger partial charge in [-0.2, -0.15) is 0 Å². The fourth-order valence-electron chi connectivity index (χ4n) is 6.89. The van der Waals surface area contributed by atoms with E-state index < -0.39 is 5.97 Å². The minimum Gasteiger partial charge on any atom is -0.478 e. The van der Waals surface area contributed by atoms with Crippen LogP contribution >= 0.6 is 0 Å². The summed E-state index contributed by atoms with van der Waals surface area (Å²) < 4.78 is 11.6. The van der Waals surface area contributed by atoms with Crippen molar-refractivity contribution in [1.29, 1.82) is 0 Å². The molecule has 2 aromatic carbocycles. The first-order valence-corrected chi connectivity index (χ1v) is 15.7. The van der Waals surface area contributed by atoms with Crippen LogP contribution in [0, 0.1) is 20.8 Å². The van der Waals surface area contributed by atoms with E-state index in [1.807, 2.05) is 19.9 Å². The third kappa shape index (κ3) is 6.44. The fourth-order valence-corrected chi connectivity index (χ4v) is 6.89. The SMILES string of the molecule is Cc1cccc([C@@H]2CN(C3CCOCC3)C(=O)N2C2CCN(Cc3ccc(Oc4ccc(C(=O)O)cc4C)nc3C)CC2)c1. The van der Waals surface area contributed by atoms with E-state index in [-0.39, 0.29) is 29.7 Å². The van der Waals surface area contributed by atoms with Crippen molar-refractivity contribution in [3.63, 3.8) is 0 Å². The van der Waals surface area contributed by atoms with Crippen LogP contribution in [0.25, 0.3) is 0 Å². The molecular weight excluding hydrogens is 556 g/mol. The number of pyridine rings is 1. The number of amides is 2. The average molecular weight is 599 g/mol. The zero-order valence-electron chi connectivity index (χ0n) is 25.9.